The number of aryl methyl sites for hydroxylation is 1. The van der Waals surface area contributed by atoms with E-state index < -0.39 is 0 Å². The van der Waals surface area contributed by atoms with Gasteiger partial charge >= 0.3 is 0 Å². The smallest absolute Gasteiger partial charge is 0.226 e. The number of nitrogens with zero attached hydrogens (tertiary/aromatic N) is 3. The van der Waals surface area contributed by atoms with Crippen LogP contribution in [0, 0.1) is 18.8 Å². The molecule has 7 heteroatoms. The van der Waals surface area contributed by atoms with E-state index in [0.29, 0.717) is 24.8 Å². The number of hydrogen-bond acceptors (Lipinski definition) is 5. The quantitative estimate of drug-likeness (QED) is 0.881. The molecule has 7 nitrogen and oxygen atoms in total. The summed E-state index contributed by atoms with van der Waals surface area (Å²) in [7, 11) is 0. The predicted octanol–water partition coefficient (Wildman–Crippen LogP) is 2.45. The molecule has 1 saturated carbocycles. The molecule has 1 aromatic rings. The first-order valence-electron chi connectivity index (χ1n) is 9.11. The second-order valence-corrected chi connectivity index (χ2v) is 7.82. The summed E-state index contributed by atoms with van der Waals surface area (Å²) >= 11 is 0. The van der Waals surface area contributed by atoms with E-state index in [0.717, 1.165) is 25.7 Å². The van der Waals surface area contributed by atoms with Crippen LogP contribution in [0.1, 0.15) is 65.1 Å². The van der Waals surface area contributed by atoms with Crippen LogP contribution in [0.3, 0.4) is 0 Å². The van der Waals surface area contributed by atoms with Crippen molar-refractivity contribution < 1.29 is 14.1 Å². The van der Waals surface area contributed by atoms with Crippen molar-refractivity contribution in [2.45, 2.75) is 72.4 Å². The number of carbonyl (C=O) groups excluding carboxylic acids is 2. The first-order valence-corrected chi connectivity index (χ1v) is 9.11. The Bertz CT molecular complexity index is 606. The van der Waals surface area contributed by atoms with E-state index in [4.69, 9.17) is 4.52 Å². The minimum absolute atomic E-state index is 0.0127. The molecular weight excluding hydrogens is 320 g/mol. The highest BCUT2D eigenvalue weighted by Crippen LogP contribution is 2.32. The van der Waals surface area contributed by atoms with Gasteiger partial charge in [0.25, 0.3) is 0 Å². The molecule has 1 heterocycles. The van der Waals surface area contributed by atoms with E-state index in [-0.39, 0.29) is 29.2 Å². The number of amides is 2. The van der Waals surface area contributed by atoms with Crippen molar-refractivity contribution in [3.05, 3.63) is 11.7 Å². The second kappa shape index (κ2) is 7.97. The van der Waals surface area contributed by atoms with Gasteiger partial charge in [-0.05, 0) is 40.5 Å². The van der Waals surface area contributed by atoms with Crippen molar-refractivity contribution in [1.82, 2.24) is 20.4 Å². The van der Waals surface area contributed by atoms with Gasteiger partial charge in [-0.3, -0.25) is 9.59 Å². The maximum Gasteiger partial charge on any atom is 0.226 e. The maximum atomic E-state index is 13.1. The van der Waals surface area contributed by atoms with Crippen LogP contribution in [-0.4, -0.2) is 38.9 Å². The largest absolute Gasteiger partial charge is 0.351 e. The Morgan fingerprint density at radius 1 is 1.24 bits per heavy atom. The summed E-state index contributed by atoms with van der Waals surface area (Å²) in [4.78, 5) is 31.7. The van der Waals surface area contributed by atoms with Crippen molar-refractivity contribution in [2.75, 3.05) is 6.54 Å². The lowest BCUT2D eigenvalue weighted by atomic mass is 9.77. The van der Waals surface area contributed by atoms with Gasteiger partial charge in [0.05, 0.1) is 6.54 Å². The van der Waals surface area contributed by atoms with Gasteiger partial charge in [-0.2, -0.15) is 4.98 Å². The van der Waals surface area contributed by atoms with Gasteiger partial charge in [-0.15, -0.1) is 0 Å². The number of aromatic nitrogens is 2. The maximum absolute atomic E-state index is 13.1. The summed E-state index contributed by atoms with van der Waals surface area (Å²) in [5.74, 6) is 0.444. The number of nitrogens with one attached hydrogen (secondary N) is 1. The van der Waals surface area contributed by atoms with Crippen LogP contribution in [0.2, 0.25) is 0 Å². The topological polar surface area (TPSA) is 88.3 Å². The van der Waals surface area contributed by atoms with Gasteiger partial charge in [0, 0.05) is 30.8 Å². The van der Waals surface area contributed by atoms with Crippen molar-refractivity contribution in [1.29, 1.82) is 0 Å². The van der Waals surface area contributed by atoms with Crippen molar-refractivity contribution >= 4 is 11.8 Å². The Kier molecular flexibility index (Phi) is 6.19. The van der Waals surface area contributed by atoms with Crippen LogP contribution >= 0.6 is 0 Å². The summed E-state index contributed by atoms with van der Waals surface area (Å²) in [6.45, 7) is 10.4. The van der Waals surface area contributed by atoms with Gasteiger partial charge < -0.3 is 14.7 Å². The Balaban J connectivity index is 2.10. The van der Waals surface area contributed by atoms with Crippen LogP contribution in [0.15, 0.2) is 4.52 Å². The number of carbonyl (C=O) groups is 2. The van der Waals surface area contributed by atoms with Crippen molar-refractivity contribution in [3.8, 4) is 0 Å². The molecule has 0 aromatic carbocycles. The fourth-order valence-electron chi connectivity index (χ4n) is 3.36. The van der Waals surface area contributed by atoms with Crippen molar-refractivity contribution in [2.24, 2.45) is 11.8 Å². The molecule has 0 radical (unpaired) electrons. The molecule has 0 bridgehead atoms. The molecule has 1 N–H and O–H groups in total. The van der Waals surface area contributed by atoms with Gasteiger partial charge in [0.15, 0.2) is 5.82 Å². The van der Waals surface area contributed by atoms with Gasteiger partial charge in [-0.1, -0.05) is 18.0 Å². The molecule has 2 atom stereocenters. The molecule has 0 aliphatic heterocycles. The summed E-state index contributed by atoms with van der Waals surface area (Å²) in [5, 5.41) is 6.91. The fourth-order valence-corrected chi connectivity index (χ4v) is 3.36. The van der Waals surface area contributed by atoms with Crippen molar-refractivity contribution in [3.63, 3.8) is 0 Å². The average Bonchev–Trinajstić information content (AvgIpc) is 2.95. The first kappa shape index (κ1) is 19.4. The van der Waals surface area contributed by atoms with E-state index in [2.05, 4.69) is 15.5 Å². The lowest BCUT2D eigenvalue weighted by Gasteiger charge is -2.35. The zero-order chi connectivity index (χ0) is 18.6. The minimum Gasteiger partial charge on any atom is -0.351 e. The summed E-state index contributed by atoms with van der Waals surface area (Å²) in [6.07, 6.45) is 3.48. The lowest BCUT2D eigenvalue weighted by Crippen LogP contribution is -2.49. The Morgan fingerprint density at radius 2 is 1.88 bits per heavy atom. The van der Waals surface area contributed by atoms with Crippen LogP contribution in [-0.2, 0) is 16.1 Å². The molecule has 2 rings (SSSR count). The van der Waals surface area contributed by atoms with Gasteiger partial charge in [0.1, 0.15) is 0 Å². The van der Waals surface area contributed by atoms with Gasteiger partial charge in [0.2, 0.25) is 17.7 Å². The van der Waals surface area contributed by atoms with Gasteiger partial charge in [-0.25, -0.2) is 0 Å². The van der Waals surface area contributed by atoms with E-state index in [1.807, 2.05) is 27.7 Å². The predicted molar refractivity (Wildman–Crippen MR) is 93.5 cm³/mol. The highest BCUT2D eigenvalue weighted by atomic mass is 16.5. The fraction of sp³-hybridized carbons (Fsp3) is 0.778. The Morgan fingerprint density at radius 3 is 2.40 bits per heavy atom. The standard InChI is InChI=1S/C18H30N4O3/c1-6-22(11-15-19-12(2)25-21-15)17(24)14-10-8-7-9-13(14)16(23)20-18(3,4)5/h13-14H,6-11H2,1-5H3,(H,20,23)/t13-,14+/m0/s1. The average molecular weight is 350 g/mol. The van der Waals surface area contributed by atoms with E-state index in [1.54, 1.807) is 11.8 Å². The molecule has 1 fully saturated rings. The van der Waals surface area contributed by atoms with E-state index >= 15 is 0 Å². The Labute approximate surface area is 149 Å². The van der Waals surface area contributed by atoms with Crippen LogP contribution in [0.5, 0.6) is 0 Å². The molecule has 1 aliphatic rings. The molecule has 25 heavy (non-hydrogen) atoms. The molecule has 2 amide bonds. The third-order valence-corrected chi connectivity index (χ3v) is 4.51. The van der Waals surface area contributed by atoms with Crippen LogP contribution in [0.25, 0.3) is 0 Å². The highest BCUT2D eigenvalue weighted by Gasteiger charge is 2.38. The molecule has 0 spiro atoms. The van der Waals surface area contributed by atoms with Crippen LogP contribution in [0.4, 0.5) is 0 Å². The number of hydrogen-bond donors (Lipinski definition) is 1. The summed E-state index contributed by atoms with van der Waals surface area (Å²) < 4.78 is 4.99. The van der Waals surface area contributed by atoms with E-state index in [1.165, 1.54) is 0 Å². The molecular formula is C18H30N4O3. The zero-order valence-electron chi connectivity index (χ0n) is 16.0. The molecule has 0 saturated heterocycles. The van der Waals surface area contributed by atoms with Crippen LogP contribution < -0.4 is 5.32 Å². The highest BCUT2D eigenvalue weighted by molar-refractivity contribution is 5.88. The Hall–Kier alpha value is -1.92. The molecule has 1 aromatic heterocycles. The first-order chi connectivity index (χ1) is 11.7. The molecule has 1 aliphatic carbocycles. The third kappa shape index (κ3) is 5.28. The SMILES string of the molecule is CCN(Cc1noc(C)n1)C(=O)[C@@H]1CCCC[C@@H]1C(=O)NC(C)(C)C. The molecule has 0 unspecified atom stereocenters. The minimum atomic E-state index is -0.297. The van der Waals surface area contributed by atoms with E-state index in [9.17, 15) is 9.59 Å². The number of rotatable bonds is 5. The summed E-state index contributed by atoms with van der Waals surface area (Å²) in [5.41, 5.74) is -0.297. The lowest BCUT2D eigenvalue weighted by molar-refractivity contribution is -0.144. The monoisotopic (exact) mass is 350 g/mol. The summed E-state index contributed by atoms with van der Waals surface area (Å²) in [6, 6.07) is 0. The molecule has 140 valence electrons. The zero-order valence-corrected chi connectivity index (χ0v) is 16.0. The normalized spacial score (nSPS) is 21.0. The second-order valence-electron chi connectivity index (χ2n) is 7.82. The third-order valence-electron chi connectivity index (χ3n) is 4.51.